The van der Waals surface area contributed by atoms with Gasteiger partial charge in [0.05, 0.1) is 57.3 Å². The summed E-state index contributed by atoms with van der Waals surface area (Å²) in [5.74, 6) is 0. The highest BCUT2D eigenvalue weighted by molar-refractivity contribution is 6.09. The Kier molecular flexibility index (Phi) is 3.71. The van der Waals surface area contributed by atoms with Crippen LogP contribution in [-0.2, 0) is 0 Å². The second-order valence-electron chi connectivity index (χ2n) is 7.90. The summed E-state index contributed by atoms with van der Waals surface area (Å²) in [7, 11) is 0. The fourth-order valence-electron chi connectivity index (χ4n) is 4.47. The lowest BCUT2D eigenvalue weighted by Crippen LogP contribution is -2.01. The molecule has 7 aromatic rings. The zero-order valence-electron chi connectivity index (χ0n) is 17.4. The average Bonchev–Trinajstić information content (AvgIpc) is 3.63. The van der Waals surface area contributed by atoms with Gasteiger partial charge in [0.2, 0.25) is 0 Å². The molecule has 0 aliphatic heterocycles. The van der Waals surface area contributed by atoms with Crippen LogP contribution in [0.3, 0.4) is 0 Å². The molecular weight excluding hydrogens is 410 g/mol. The van der Waals surface area contributed by atoms with E-state index in [1.165, 1.54) is 0 Å². The molecule has 0 radical (unpaired) electrons. The quantitative estimate of drug-likeness (QED) is 0.394. The van der Waals surface area contributed by atoms with E-state index in [0.717, 1.165) is 50.0 Å². The number of para-hydroxylation sites is 1. The minimum Gasteiger partial charge on any atom is -0.307 e. The summed E-state index contributed by atoms with van der Waals surface area (Å²) in [4.78, 5) is 18.0. The molecule has 0 fully saturated rings. The summed E-state index contributed by atoms with van der Waals surface area (Å²) < 4.78 is 6.27. The van der Waals surface area contributed by atoms with Crippen LogP contribution >= 0.6 is 0 Å². The SMILES string of the molecule is c1cnc2cc3c(nc2c1)c1ccccc1n3-c1cc(-n2ccnc2)cc(-n2ccnc2)c1. The lowest BCUT2D eigenvalue weighted by molar-refractivity contribution is 1.01. The van der Waals surface area contributed by atoms with E-state index in [1.54, 1.807) is 18.6 Å². The van der Waals surface area contributed by atoms with E-state index < -0.39 is 0 Å². The van der Waals surface area contributed by atoms with E-state index in [4.69, 9.17) is 4.98 Å². The predicted molar refractivity (Wildman–Crippen MR) is 128 cm³/mol. The molecule has 0 N–H and O–H groups in total. The van der Waals surface area contributed by atoms with Gasteiger partial charge < -0.3 is 13.7 Å². The Morgan fingerprint density at radius 1 is 0.606 bits per heavy atom. The number of benzene rings is 2. The van der Waals surface area contributed by atoms with Crippen molar-refractivity contribution < 1.29 is 0 Å². The smallest absolute Gasteiger partial charge is 0.0991 e. The Hall–Kier alpha value is -4.78. The van der Waals surface area contributed by atoms with Crippen molar-refractivity contribution >= 4 is 33.0 Å². The Labute approximate surface area is 188 Å². The van der Waals surface area contributed by atoms with Crippen molar-refractivity contribution in [2.75, 3.05) is 0 Å². The average molecular weight is 427 g/mol. The molecule has 2 aromatic carbocycles. The molecule has 7 rings (SSSR count). The van der Waals surface area contributed by atoms with Gasteiger partial charge in [0.1, 0.15) is 0 Å². The summed E-state index contributed by atoms with van der Waals surface area (Å²) in [6.45, 7) is 0. The zero-order chi connectivity index (χ0) is 21.8. The molecule has 5 aromatic heterocycles. The molecule has 0 spiro atoms. The third-order valence-corrected chi connectivity index (χ3v) is 5.96. The maximum Gasteiger partial charge on any atom is 0.0991 e. The van der Waals surface area contributed by atoms with Crippen LogP contribution in [0.25, 0.3) is 50.0 Å². The third-order valence-electron chi connectivity index (χ3n) is 5.96. The summed E-state index contributed by atoms with van der Waals surface area (Å²) in [5, 5.41) is 1.11. The van der Waals surface area contributed by atoms with E-state index in [-0.39, 0.29) is 0 Å². The van der Waals surface area contributed by atoms with Gasteiger partial charge in [-0.3, -0.25) is 4.98 Å². The highest BCUT2D eigenvalue weighted by Crippen LogP contribution is 2.33. The lowest BCUT2D eigenvalue weighted by Gasteiger charge is -2.14. The second-order valence-corrected chi connectivity index (χ2v) is 7.90. The van der Waals surface area contributed by atoms with Crippen LogP contribution in [0, 0.1) is 0 Å². The van der Waals surface area contributed by atoms with Gasteiger partial charge in [0.25, 0.3) is 0 Å². The number of aromatic nitrogens is 7. The molecule has 33 heavy (non-hydrogen) atoms. The molecule has 0 aliphatic rings. The van der Waals surface area contributed by atoms with Crippen molar-refractivity contribution in [1.29, 1.82) is 0 Å². The monoisotopic (exact) mass is 427 g/mol. The van der Waals surface area contributed by atoms with E-state index in [9.17, 15) is 0 Å². The normalized spacial score (nSPS) is 11.6. The lowest BCUT2D eigenvalue weighted by atomic mass is 10.2. The van der Waals surface area contributed by atoms with Gasteiger partial charge >= 0.3 is 0 Å². The summed E-state index contributed by atoms with van der Waals surface area (Å²) in [5.41, 5.74) is 7.86. The molecule has 7 heteroatoms. The van der Waals surface area contributed by atoms with Crippen LogP contribution in [0.15, 0.2) is 104 Å². The van der Waals surface area contributed by atoms with Crippen molar-refractivity contribution in [1.82, 2.24) is 33.6 Å². The summed E-state index contributed by atoms with van der Waals surface area (Å²) in [6, 6.07) is 20.9. The number of imidazole rings is 2. The van der Waals surface area contributed by atoms with Gasteiger partial charge in [-0.25, -0.2) is 15.0 Å². The first-order valence-electron chi connectivity index (χ1n) is 10.6. The first-order chi connectivity index (χ1) is 16.3. The van der Waals surface area contributed by atoms with Gasteiger partial charge in [-0.2, -0.15) is 0 Å². The van der Waals surface area contributed by atoms with Crippen LogP contribution in [0.5, 0.6) is 0 Å². The molecule has 0 unspecified atom stereocenters. The highest BCUT2D eigenvalue weighted by Gasteiger charge is 2.16. The topological polar surface area (TPSA) is 66.3 Å². The number of hydrogen-bond donors (Lipinski definition) is 0. The fourth-order valence-corrected chi connectivity index (χ4v) is 4.47. The fraction of sp³-hybridized carbons (Fsp3) is 0. The van der Waals surface area contributed by atoms with Crippen molar-refractivity contribution in [2.45, 2.75) is 0 Å². The predicted octanol–water partition coefficient (Wildman–Crippen LogP) is 5.10. The minimum atomic E-state index is 0.870. The highest BCUT2D eigenvalue weighted by atomic mass is 15.1. The minimum absolute atomic E-state index is 0.870. The number of rotatable bonds is 3. The molecule has 5 heterocycles. The molecule has 0 amide bonds. The van der Waals surface area contributed by atoms with Crippen LogP contribution < -0.4 is 0 Å². The van der Waals surface area contributed by atoms with E-state index in [1.807, 2.05) is 46.3 Å². The summed E-state index contributed by atoms with van der Waals surface area (Å²) in [6.07, 6.45) is 12.9. The van der Waals surface area contributed by atoms with Gasteiger partial charge in [-0.05, 0) is 42.5 Å². The van der Waals surface area contributed by atoms with Crippen LogP contribution in [0.2, 0.25) is 0 Å². The van der Waals surface area contributed by atoms with Crippen LogP contribution in [0.4, 0.5) is 0 Å². The van der Waals surface area contributed by atoms with Crippen LogP contribution in [-0.4, -0.2) is 33.6 Å². The van der Waals surface area contributed by atoms with Crippen molar-refractivity contribution in [3.05, 3.63) is 104 Å². The van der Waals surface area contributed by atoms with Crippen molar-refractivity contribution in [3.63, 3.8) is 0 Å². The zero-order valence-corrected chi connectivity index (χ0v) is 17.4. The molecule has 0 aliphatic carbocycles. The Morgan fingerprint density at radius 3 is 2.06 bits per heavy atom. The second kappa shape index (κ2) is 6.86. The molecule has 0 atom stereocenters. The molecule has 0 saturated carbocycles. The third kappa shape index (κ3) is 2.76. The van der Waals surface area contributed by atoms with Gasteiger partial charge in [0.15, 0.2) is 0 Å². The van der Waals surface area contributed by atoms with E-state index in [2.05, 4.69) is 68.0 Å². The van der Waals surface area contributed by atoms with E-state index in [0.29, 0.717) is 0 Å². The number of nitrogens with zero attached hydrogens (tertiary/aromatic N) is 7. The molecular formula is C26H17N7. The molecule has 7 nitrogen and oxygen atoms in total. The molecule has 0 bridgehead atoms. The maximum absolute atomic E-state index is 4.98. The summed E-state index contributed by atoms with van der Waals surface area (Å²) >= 11 is 0. The number of fused-ring (bicyclic) bond motifs is 4. The maximum atomic E-state index is 4.98. The van der Waals surface area contributed by atoms with Gasteiger partial charge in [-0.15, -0.1) is 0 Å². The molecule has 0 saturated heterocycles. The number of hydrogen-bond acceptors (Lipinski definition) is 4. The van der Waals surface area contributed by atoms with Crippen molar-refractivity contribution in [3.8, 4) is 17.1 Å². The first-order valence-corrected chi connectivity index (χ1v) is 10.6. The Balaban J connectivity index is 1.60. The molecule has 156 valence electrons. The van der Waals surface area contributed by atoms with Crippen molar-refractivity contribution in [2.24, 2.45) is 0 Å². The van der Waals surface area contributed by atoms with Crippen LogP contribution in [0.1, 0.15) is 0 Å². The van der Waals surface area contributed by atoms with E-state index >= 15 is 0 Å². The number of pyridine rings is 2. The standard InChI is InChI=1S/C26H17N7/c1-2-6-24-21(4-1)26-25(15-23-22(30-26)5-3-7-29-23)33(24)20-13-18(31-10-8-27-16-31)12-19(14-20)32-11-9-28-17-32/h1-17H. The first kappa shape index (κ1) is 17.9. The van der Waals surface area contributed by atoms with Gasteiger partial charge in [0, 0.05) is 36.4 Å². The Bertz CT molecular complexity index is 1710. The van der Waals surface area contributed by atoms with Gasteiger partial charge in [-0.1, -0.05) is 18.2 Å². The largest absolute Gasteiger partial charge is 0.307 e. The Morgan fingerprint density at radius 2 is 1.33 bits per heavy atom.